The summed E-state index contributed by atoms with van der Waals surface area (Å²) in [5, 5.41) is 4.80. The first kappa shape index (κ1) is 22.3. The molecule has 0 fully saturated rings. The summed E-state index contributed by atoms with van der Waals surface area (Å²) in [6.45, 7) is 4.43. The molecule has 0 saturated heterocycles. The second-order valence-electron chi connectivity index (χ2n) is 8.24. The first-order chi connectivity index (χ1) is 15.7. The summed E-state index contributed by atoms with van der Waals surface area (Å²) in [6, 6.07) is 31.5. The fourth-order valence-corrected chi connectivity index (χ4v) is 4.89. The van der Waals surface area contributed by atoms with Crippen molar-refractivity contribution >= 4 is 11.6 Å². The zero-order chi connectivity index (χ0) is 22.4. The minimum absolute atomic E-state index is 0.207. The molecule has 1 aromatic heterocycles. The molecule has 0 bridgehead atoms. The van der Waals surface area contributed by atoms with E-state index < -0.39 is 5.54 Å². The molecule has 0 radical (unpaired) electrons. The Morgan fingerprint density at radius 2 is 1.19 bits per heavy atom. The molecule has 0 amide bonds. The van der Waals surface area contributed by atoms with Crippen molar-refractivity contribution in [2.75, 3.05) is 0 Å². The van der Waals surface area contributed by atoms with Gasteiger partial charge in [0.25, 0.3) is 0 Å². The van der Waals surface area contributed by atoms with Crippen molar-refractivity contribution in [2.45, 2.75) is 44.0 Å². The molecule has 0 aliphatic rings. The van der Waals surface area contributed by atoms with Crippen molar-refractivity contribution in [3.8, 4) is 0 Å². The Morgan fingerprint density at radius 1 is 0.750 bits per heavy atom. The fourth-order valence-electron chi connectivity index (χ4n) is 4.54. The molecule has 0 aliphatic carbocycles. The molecular formula is C28H30ClN3. The van der Waals surface area contributed by atoms with Crippen LogP contribution in [0.3, 0.4) is 0 Å². The third-order valence-corrected chi connectivity index (χ3v) is 6.78. The van der Waals surface area contributed by atoms with Crippen molar-refractivity contribution in [1.29, 1.82) is 0 Å². The highest BCUT2D eigenvalue weighted by Crippen LogP contribution is 2.40. The molecule has 4 heteroatoms. The molecule has 3 nitrogen and oxygen atoms in total. The second-order valence-corrected chi connectivity index (χ2v) is 8.77. The largest absolute Gasteiger partial charge is 0.233 e. The highest BCUT2D eigenvalue weighted by atomic mass is 35.5. The molecule has 0 saturated carbocycles. The minimum atomic E-state index is -0.652. The molecule has 4 rings (SSSR count). The van der Waals surface area contributed by atoms with Gasteiger partial charge in [0.05, 0.1) is 5.38 Å². The lowest BCUT2D eigenvalue weighted by Gasteiger charge is -2.35. The van der Waals surface area contributed by atoms with Crippen molar-refractivity contribution in [2.24, 2.45) is 5.92 Å². The monoisotopic (exact) mass is 443 g/mol. The van der Waals surface area contributed by atoms with Gasteiger partial charge in [-0.2, -0.15) is 5.10 Å². The fraction of sp³-hybridized carbons (Fsp3) is 0.286. The average Bonchev–Trinajstić information content (AvgIpc) is 3.36. The van der Waals surface area contributed by atoms with Gasteiger partial charge in [0, 0.05) is 0 Å². The highest BCUT2D eigenvalue weighted by molar-refractivity contribution is 6.20. The standard InChI is InChI=1S/C28H30ClN3/c1-3-22(4-2)20-26(29)27-30-21-32(31-27)28(23-14-8-5-9-15-23,24-16-10-6-11-17-24)25-18-12-7-13-19-25/h5-19,21-22,26H,3-4,20H2,1-2H3. The lowest BCUT2D eigenvalue weighted by atomic mass is 9.77. The van der Waals surface area contributed by atoms with Gasteiger partial charge < -0.3 is 0 Å². The summed E-state index contributed by atoms with van der Waals surface area (Å²) < 4.78 is 1.99. The normalized spacial score (nSPS) is 12.8. The number of hydrogen-bond donors (Lipinski definition) is 0. The van der Waals surface area contributed by atoms with E-state index in [1.807, 2.05) is 29.2 Å². The molecule has 164 valence electrons. The van der Waals surface area contributed by atoms with E-state index in [1.54, 1.807) is 0 Å². The van der Waals surface area contributed by atoms with Crippen LogP contribution in [0.5, 0.6) is 0 Å². The van der Waals surface area contributed by atoms with Crippen LogP contribution in [0.2, 0.25) is 0 Å². The van der Waals surface area contributed by atoms with Crippen LogP contribution in [0.1, 0.15) is 61.0 Å². The van der Waals surface area contributed by atoms with Gasteiger partial charge in [0.15, 0.2) is 5.82 Å². The van der Waals surface area contributed by atoms with E-state index in [0.29, 0.717) is 11.7 Å². The molecule has 0 N–H and O–H groups in total. The Bertz CT molecular complexity index is 993. The topological polar surface area (TPSA) is 30.7 Å². The van der Waals surface area contributed by atoms with Crippen LogP contribution in [0.15, 0.2) is 97.3 Å². The molecular weight excluding hydrogens is 414 g/mol. The predicted octanol–water partition coefficient (Wildman–Crippen LogP) is 7.22. The Kier molecular flexibility index (Phi) is 7.06. The maximum atomic E-state index is 6.82. The van der Waals surface area contributed by atoms with Gasteiger partial charge in [-0.05, 0) is 29.0 Å². The van der Waals surface area contributed by atoms with Gasteiger partial charge in [0.1, 0.15) is 11.9 Å². The number of aromatic nitrogens is 3. The van der Waals surface area contributed by atoms with E-state index in [-0.39, 0.29) is 5.38 Å². The second kappa shape index (κ2) is 10.1. The van der Waals surface area contributed by atoms with Crippen LogP contribution in [-0.4, -0.2) is 14.8 Å². The smallest absolute Gasteiger partial charge is 0.168 e. The number of hydrogen-bond acceptors (Lipinski definition) is 2. The van der Waals surface area contributed by atoms with Crippen LogP contribution >= 0.6 is 11.6 Å². The third-order valence-electron chi connectivity index (χ3n) is 6.40. The quantitative estimate of drug-likeness (QED) is 0.202. The first-order valence-electron chi connectivity index (χ1n) is 11.4. The van der Waals surface area contributed by atoms with Crippen LogP contribution in [0.25, 0.3) is 0 Å². The Hall–Kier alpha value is -2.91. The average molecular weight is 444 g/mol. The number of nitrogens with zero attached hydrogens (tertiary/aromatic N) is 3. The van der Waals surface area contributed by atoms with Gasteiger partial charge in [-0.3, -0.25) is 0 Å². The van der Waals surface area contributed by atoms with E-state index >= 15 is 0 Å². The van der Waals surface area contributed by atoms with Crippen molar-refractivity contribution < 1.29 is 0 Å². The molecule has 1 heterocycles. The van der Waals surface area contributed by atoms with Crippen molar-refractivity contribution in [3.05, 3.63) is 120 Å². The Morgan fingerprint density at radius 3 is 1.59 bits per heavy atom. The first-order valence-corrected chi connectivity index (χ1v) is 11.9. The Balaban J connectivity index is 1.91. The summed E-state index contributed by atoms with van der Waals surface area (Å²) in [4.78, 5) is 4.70. The zero-order valence-corrected chi connectivity index (χ0v) is 19.5. The summed E-state index contributed by atoms with van der Waals surface area (Å²) in [6.07, 6.45) is 4.95. The molecule has 0 aliphatic heterocycles. The number of benzene rings is 3. The number of rotatable bonds is 9. The molecule has 3 aromatic carbocycles. The minimum Gasteiger partial charge on any atom is -0.233 e. The van der Waals surface area contributed by atoms with Crippen LogP contribution in [0, 0.1) is 5.92 Å². The summed E-state index contributed by atoms with van der Waals surface area (Å²) in [7, 11) is 0. The predicted molar refractivity (Wildman–Crippen MR) is 132 cm³/mol. The van der Waals surface area contributed by atoms with Crippen LogP contribution < -0.4 is 0 Å². The SMILES string of the molecule is CCC(CC)CC(Cl)c1ncn(C(c2ccccc2)(c2ccccc2)c2ccccc2)n1. The van der Waals surface area contributed by atoms with E-state index in [0.717, 1.165) is 36.0 Å². The van der Waals surface area contributed by atoms with Crippen LogP contribution in [0.4, 0.5) is 0 Å². The van der Waals surface area contributed by atoms with Crippen LogP contribution in [-0.2, 0) is 5.54 Å². The summed E-state index contributed by atoms with van der Waals surface area (Å²) in [5.74, 6) is 1.26. The molecule has 1 atom stereocenters. The maximum absolute atomic E-state index is 6.82. The zero-order valence-electron chi connectivity index (χ0n) is 18.7. The van der Waals surface area contributed by atoms with E-state index in [1.165, 1.54) is 0 Å². The number of alkyl halides is 1. The van der Waals surface area contributed by atoms with E-state index in [4.69, 9.17) is 21.7 Å². The molecule has 4 aromatic rings. The van der Waals surface area contributed by atoms with E-state index in [2.05, 4.69) is 86.6 Å². The summed E-state index contributed by atoms with van der Waals surface area (Å²) >= 11 is 6.82. The van der Waals surface area contributed by atoms with Crippen molar-refractivity contribution in [3.63, 3.8) is 0 Å². The van der Waals surface area contributed by atoms with Gasteiger partial charge in [-0.15, -0.1) is 11.6 Å². The van der Waals surface area contributed by atoms with Gasteiger partial charge in [0.2, 0.25) is 0 Å². The number of halogens is 1. The lowest BCUT2D eigenvalue weighted by molar-refractivity contribution is 0.432. The highest BCUT2D eigenvalue weighted by Gasteiger charge is 2.40. The van der Waals surface area contributed by atoms with Gasteiger partial charge >= 0.3 is 0 Å². The third kappa shape index (κ3) is 4.22. The molecule has 32 heavy (non-hydrogen) atoms. The van der Waals surface area contributed by atoms with E-state index in [9.17, 15) is 0 Å². The van der Waals surface area contributed by atoms with Crippen molar-refractivity contribution in [1.82, 2.24) is 14.8 Å². The summed E-state index contributed by atoms with van der Waals surface area (Å²) in [5.41, 5.74) is 2.72. The molecule has 0 spiro atoms. The maximum Gasteiger partial charge on any atom is 0.168 e. The van der Waals surface area contributed by atoms with Gasteiger partial charge in [-0.25, -0.2) is 9.67 Å². The Labute approximate surface area is 196 Å². The van der Waals surface area contributed by atoms with Gasteiger partial charge in [-0.1, -0.05) is 118 Å². The lowest BCUT2D eigenvalue weighted by Crippen LogP contribution is -2.38. The molecule has 1 unspecified atom stereocenters.